The lowest BCUT2D eigenvalue weighted by Gasteiger charge is -2.10. The lowest BCUT2D eigenvalue weighted by molar-refractivity contribution is 0.101. The van der Waals surface area contributed by atoms with E-state index in [1.165, 1.54) is 5.56 Å². The van der Waals surface area contributed by atoms with Crippen LogP contribution in [0.15, 0.2) is 42.7 Å². The van der Waals surface area contributed by atoms with Gasteiger partial charge in [0.1, 0.15) is 5.75 Å². The van der Waals surface area contributed by atoms with E-state index in [-0.39, 0.29) is 5.78 Å². The van der Waals surface area contributed by atoms with Gasteiger partial charge in [-0.25, -0.2) is 0 Å². The number of carbonyl (C=O) groups is 1. The number of benzene rings is 1. The molecule has 3 nitrogen and oxygen atoms in total. The van der Waals surface area contributed by atoms with Crippen LogP contribution in [0.1, 0.15) is 28.4 Å². The smallest absolute Gasteiger partial charge is 0.163 e. The van der Waals surface area contributed by atoms with E-state index in [1.807, 2.05) is 37.3 Å². The van der Waals surface area contributed by atoms with Crippen LogP contribution in [0, 0.1) is 6.92 Å². The number of ether oxygens (including phenoxy) is 1. The molecule has 0 bridgehead atoms. The van der Waals surface area contributed by atoms with Gasteiger partial charge in [-0.2, -0.15) is 0 Å². The second-order valence-electron chi connectivity index (χ2n) is 4.51. The van der Waals surface area contributed by atoms with Crippen LogP contribution in [-0.2, 0) is 6.42 Å². The highest BCUT2D eigenvalue weighted by atomic mass is 16.5. The number of aromatic nitrogens is 1. The van der Waals surface area contributed by atoms with Crippen LogP contribution in [0.5, 0.6) is 5.75 Å². The minimum absolute atomic E-state index is 0.0268. The van der Waals surface area contributed by atoms with Crippen molar-refractivity contribution in [2.45, 2.75) is 20.3 Å². The topological polar surface area (TPSA) is 39.2 Å². The van der Waals surface area contributed by atoms with Gasteiger partial charge >= 0.3 is 0 Å². The Balaban J connectivity index is 2.03. The Hall–Kier alpha value is -2.16. The van der Waals surface area contributed by atoms with E-state index in [0.717, 1.165) is 12.0 Å². The molecule has 0 spiro atoms. The van der Waals surface area contributed by atoms with Gasteiger partial charge in [0, 0.05) is 18.8 Å². The van der Waals surface area contributed by atoms with Gasteiger partial charge in [0.25, 0.3) is 0 Å². The first-order chi connectivity index (χ1) is 9.16. The van der Waals surface area contributed by atoms with Crippen LogP contribution >= 0.6 is 0 Å². The summed E-state index contributed by atoms with van der Waals surface area (Å²) < 4.78 is 5.74. The predicted molar refractivity (Wildman–Crippen MR) is 74.6 cm³/mol. The van der Waals surface area contributed by atoms with E-state index in [4.69, 9.17) is 4.74 Å². The van der Waals surface area contributed by atoms with Crippen molar-refractivity contribution < 1.29 is 9.53 Å². The zero-order chi connectivity index (χ0) is 13.7. The summed E-state index contributed by atoms with van der Waals surface area (Å²) in [6, 6.07) is 9.58. The summed E-state index contributed by atoms with van der Waals surface area (Å²) in [6.07, 6.45) is 4.33. The fourth-order valence-corrected chi connectivity index (χ4v) is 1.87. The molecule has 0 radical (unpaired) electrons. The second-order valence-corrected chi connectivity index (χ2v) is 4.51. The molecule has 1 aromatic carbocycles. The summed E-state index contributed by atoms with van der Waals surface area (Å²) in [5, 5.41) is 0. The van der Waals surface area contributed by atoms with Crippen LogP contribution in [0.4, 0.5) is 0 Å². The fraction of sp³-hybridized carbons (Fsp3) is 0.250. The molecule has 0 aliphatic heterocycles. The Labute approximate surface area is 113 Å². The molecule has 0 aliphatic rings. The molecule has 0 fully saturated rings. The summed E-state index contributed by atoms with van der Waals surface area (Å²) in [7, 11) is 0. The minimum atomic E-state index is 0.0268. The molecule has 0 saturated heterocycles. The molecule has 98 valence electrons. The molecule has 0 aliphatic carbocycles. The van der Waals surface area contributed by atoms with E-state index < -0.39 is 0 Å². The van der Waals surface area contributed by atoms with Gasteiger partial charge in [-0.05, 0) is 49.2 Å². The van der Waals surface area contributed by atoms with Gasteiger partial charge in [0.2, 0.25) is 0 Å². The average molecular weight is 255 g/mol. The Morgan fingerprint density at radius 2 is 1.95 bits per heavy atom. The van der Waals surface area contributed by atoms with Crippen molar-refractivity contribution in [1.29, 1.82) is 0 Å². The molecule has 0 unspecified atom stereocenters. The van der Waals surface area contributed by atoms with E-state index >= 15 is 0 Å². The number of nitrogens with zero attached hydrogens (tertiary/aromatic N) is 1. The molecule has 0 N–H and O–H groups in total. The van der Waals surface area contributed by atoms with Crippen LogP contribution in [0.25, 0.3) is 0 Å². The SMILES string of the molecule is CC(=O)c1ccc(C)cc1OCCc1ccncc1. The summed E-state index contributed by atoms with van der Waals surface area (Å²) in [4.78, 5) is 15.5. The largest absolute Gasteiger partial charge is 0.492 e. The summed E-state index contributed by atoms with van der Waals surface area (Å²) in [5.41, 5.74) is 2.90. The maximum Gasteiger partial charge on any atom is 0.163 e. The van der Waals surface area contributed by atoms with E-state index in [1.54, 1.807) is 19.3 Å². The Kier molecular flexibility index (Phi) is 4.29. The maximum atomic E-state index is 11.5. The monoisotopic (exact) mass is 255 g/mol. The quantitative estimate of drug-likeness (QED) is 0.770. The molecule has 0 amide bonds. The molecular formula is C16H17NO2. The number of aryl methyl sites for hydroxylation is 1. The van der Waals surface area contributed by atoms with Crippen molar-refractivity contribution >= 4 is 5.78 Å². The first-order valence-corrected chi connectivity index (χ1v) is 6.30. The van der Waals surface area contributed by atoms with Crippen molar-refractivity contribution in [3.05, 3.63) is 59.4 Å². The number of Topliss-reactive ketones (excluding diaryl/α,β-unsaturated/α-hetero) is 1. The molecule has 0 atom stereocenters. The Morgan fingerprint density at radius 1 is 1.21 bits per heavy atom. The summed E-state index contributed by atoms with van der Waals surface area (Å²) >= 11 is 0. The van der Waals surface area contributed by atoms with Crippen LogP contribution < -0.4 is 4.74 Å². The summed E-state index contributed by atoms with van der Waals surface area (Å²) in [5.74, 6) is 0.695. The standard InChI is InChI=1S/C16H17NO2/c1-12-3-4-15(13(2)18)16(11-12)19-10-7-14-5-8-17-9-6-14/h3-6,8-9,11H,7,10H2,1-2H3. The number of hydrogen-bond acceptors (Lipinski definition) is 3. The van der Waals surface area contributed by atoms with E-state index in [9.17, 15) is 4.79 Å². The van der Waals surface area contributed by atoms with Gasteiger partial charge in [0.15, 0.2) is 5.78 Å². The molecule has 2 rings (SSSR count). The highest BCUT2D eigenvalue weighted by Gasteiger charge is 2.08. The zero-order valence-corrected chi connectivity index (χ0v) is 11.2. The molecule has 3 heteroatoms. The third-order valence-corrected chi connectivity index (χ3v) is 2.91. The predicted octanol–water partition coefficient (Wildman–Crippen LogP) is 3.21. The first-order valence-electron chi connectivity index (χ1n) is 6.30. The van der Waals surface area contributed by atoms with Gasteiger partial charge < -0.3 is 4.74 Å². The van der Waals surface area contributed by atoms with E-state index in [0.29, 0.717) is 17.9 Å². The Morgan fingerprint density at radius 3 is 2.63 bits per heavy atom. The van der Waals surface area contributed by atoms with Crippen LogP contribution in [0.3, 0.4) is 0 Å². The third kappa shape index (κ3) is 3.65. The fourth-order valence-electron chi connectivity index (χ4n) is 1.87. The highest BCUT2D eigenvalue weighted by molar-refractivity contribution is 5.96. The third-order valence-electron chi connectivity index (χ3n) is 2.91. The number of pyridine rings is 1. The molecule has 0 saturated carbocycles. The zero-order valence-electron chi connectivity index (χ0n) is 11.2. The minimum Gasteiger partial charge on any atom is -0.492 e. The van der Waals surface area contributed by atoms with Crippen molar-refractivity contribution in [2.75, 3.05) is 6.61 Å². The van der Waals surface area contributed by atoms with E-state index in [2.05, 4.69) is 4.98 Å². The van der Waals surface area contributed by atoms with Crippen molar-refractivity contribution in [3.63, 3.8) is 0 Å². The normalized spacial score (nSPS) is 10.2. The van der Waals surface area contributed by atoms with Crippen molar-refractivity contribution in [1.82, 2.24) is 4.98 Å². The highest BCUT2D eigenvalue weighted by Crippen LogP contribution is 2.21. The molecular weight excluding hydrogens is 238 g/mol. The number of carbonyl (C=O) groups excluding carboxylic acids is 1. The number of ketones is 1. The first kappa shape index (κ1) is 13.3. The Bertz CT molecular complexity index is 564. The van der Waals surface area contributed by atoms with Crippen molar-refractivity contribution in [3.8, 4) is 5.75 Å². The van der Waals surface area contributed by atoms with Crippen LogP contribution in [0.2, 0.25) is 0 Å². The van der Waals surface area contributed by atoms with Crippen LogP contribution in [-0.4, -0.2) is 17.4 Å². The maximum absolute atomic E-state index is 11.5. The van der Waals surface area contributed by atoms with Gasteiger partial charge in [-0.3, -0.25) is 9.78 Å². The molecule has 19 heavy (non-hydrogen) atoms. The summed E-state index contributed by atoms with van der Waals surface area (Å²) in [6.45, 7) is 4.09. The molecule has 1 heterocycles. The average Bonchev–Trinajstić information content (AvgIpc) is 2.39. The van der Waals surface area contributed by atoms with Gasteiger partial charge in [-0.15, -0.1) is 0 Å². The van der Waals surface area contributed by atoms with Crippen molar-refractivity contribution in [2.24, 2.45) is 0 Å². The molecule has 2 aromatic rings. The number of rotatable bonds is 5. The molecule has 1 aromatic heterocycles. The van der Waals surface area contributed by atoms with Gasteiger partial charge in [-0.1, -0.05) is 6.07 Å². The second kappa shape index (κ2) is 6.14. The lowest BCUT2D eigenvalue weighted by atomic mass is 10.1. The lowest BCUT2D eigenvalue weighted by Crippen LogP contribution is -2.05. The number of hydrogen-bond donors (Lipinski definition) is 0. The van der Waals surface area contributed by atoms with Gasteiger partial charge in [0.05, 0.1) is 12.2 Å².